The number of likely N-dealkylation sites (N-methyl/N-ethyl adjacent to an activating group) is 1. The molecular weight excluding hydrogens is 332 g/mol. The number of carbonyl (C=O) groups excluding carboxylic acids is 1. The summed E-state index contributed by atoms with van der Waals surface area (Å²) in [5.74, 6) is 0.868. The summed E-state index contributed by atoms with van der Waals surface area (Å²) >= 11 is 5.96. The van der Waals surface area contributed by atoms with Crippen LogP contribution in [0.5, 0.6) is 0 Å². The van der Waals surface area contributed by atoms with Gasteiger partial charge in [0.25, 0.3) is 0 Å². The Morgan fingerprint density at radius 1 is 1.46 bits per heavy atom. The standard InChI is InChI=1S/C16H21ClN4O3/c1-21(10-14(22)18-7-4-8-23-2)11-15-19-16(20-24-15)12-5-3-6-13(17)9-12/h3,5-6,9H,4,7-8,10-11H2,1-2H3,(H,18,22). The maximum atomic E-state index is 11.8. The van der Waals surface area contributed by atoms with Gasteiger partial charge in [-0.15, -0.1) is 0 Å². The minimum Gasteiger partial charge on any atom is -0.385 e. The predicted molar refractivity (Wildman–Crippen MR) is 90.6 cm³/mol. The van der Waals surface area contributed by atoms with Gasteiger partial charge in [0, 0.05) is 30.8 Å². The Bertz CT molecular complexity index is 662. The van der Waals surface area contributed by atoms with Crippen LogP contribution in [0.25, 0.3) is 11.4 Å². The second kappa shape index (κ2) is 9.36. The number of ether oxygens (including phenoxy) is 1. The average molecular weight is 353 g/mol. The first-order valence-corrected chi connectivity index (χ1v) is 7.99. The van der Waals surface area contributed by atoms with E-state index in [1.165, 1.54) is 0 Å². The third-order valence-electron chi connectivity index (χ3n) is 3.22. The molecule has 0 unspecified atom stereocenters. The molecule has 0 aliphatic carbocycles. The van der Waals surface area contributed by atoms with Gasteiger partial charge in [0.1, 0.15) is 0 Å². The molecule has 0 aliphatic heterocycles. The molecule has 130 valence electrons. The van der Waals surface area contributed by atoms with E-state index < -0.39 is 0 Å². The highest BCUT2D eigenvalue weighted by molar-refractivity contribution is 6.30. The molecule has 0 fully saturated rings. The summed E-state index contributed by atoms with van der Waals surface area (Å²) in [5.41, 5.74) is 0.788. The lowest BCUT2D eigenvalue weighted by Gasteiger charge is -2.13. The molecule has 2 aromatic rings. The number of rotatable bonds is 9. The minimum absolute atomic E-state index is 0.0526. The van der Waals surface area contributed by atoms with Gasteiger partial charge in [-0.3, -0.25) is 9.69 Å². The third-order valence-corrected chi connectivity index (χ3v) is 3.45. The van der Waals surface area contributed by atoms with Crippen molar-refractivity contribution >= 4 is 17.5 Å². The molecule has 0 saturated heterocycles. The third kappa shape index (κ3) is 5.92. The monoisotopic (exact) mass is 352 g/mol. The largest absolute Gasteiger partial charge is 0.385 e. The summed E-state index contributed by atoms with van der Waals surface area (Å²) in [5, 5.41) is 7.39. The van der Waals surface area contributed by atoms with Gasteiger partial charge < -0.3 is 14.6 Å². The van der Waals surface area contributed by atoms with E-state index in [0.29, 0.717) is 36.4 Å². The van der Waals surface area contributed by atoms with Crippen LogP contribution in [0.2, 0.25) is 5.02 Å². The quantitative estimate of drug-likeness (QED) is 0.695. The van der Waals surface area contributed by atoms with Gasteiger partial charge in [-0.1, -0.05) is 28.9 Å². The van der Waals surface area contributed by atoms with E-state index in [0.717, 1.165) is 12.0 Å². The van der Waals surface area contributed by atoms with Gasteiger partial charge in [-0.2, -0.15) is 4.98 Å². The van der Waals surface area contributed by atoms with Crippen LogP contribution in [-0.2, 0) is 16.1 Å². The Labute approximate surface area is 145 Å². The van der Waals surface area contributed by atoms with Crippen molar-refractivity contribution in [2.75, 3.05) is 33.9 Å². The van der Waals surface area contributed by atoms with Gasteiger partial charge in [0.15, 0.2) is 0 Å². The number of amides is 1. The van der Waals surface area contributed by atoms with Crippen LogP contribution in [0, 0.1) is 0 Å². The molecule has 2 rings (SSSR count). The van der Waals surface area contributed by atoms with E-state index in [9.17, 15) is 4.79 Å². The number of halogens is 1. The van der Waals surface area contributed by atoms with Crippen molar-refractivity contribution < 1.29 is 14.1 Å². The van der Waals surface area contributed by atoms with Crippen LogP contribution in [-0.4, -0.2) is 54.8 Å². The Morgan fingerprint density at radius 2 is 2.29 bits per heavy atom. The summed E-state index contributed by atoms with van der Waals surface area (Å²) in [6, 6.07) is 7.24. The number of hydrogen-bond acceptors (Lipinski definition) is 6. The van der Waals surface area contributed by atoms with Gasteiger partial charge in [-0.05, 0) is 25.6 Å². The summed E-state index contributed by atoms with van der Waals surface area (Å²) in [7, 11) is 3.45. The molecular formula is C16H21ClN4O3. The van der Waals surface area contributed by atoms with E-state index in [1.54, 1.807) is 24.1 Å². The molecule has 0 atom stereocenters. The fourth-order valence-corrected chi connectivity index (χ4v) is 2.29. The molecule has 1 heterocycles. The van der Waals surface area contributed by atoms with E-state index in [2.05, 4.69) is 15.5 Å². The average Bonchev–Trinajstić information content (AvgIpc) is 3.00. The molecule has 1 aromatic heterocycles. The minimum atomic E-state index is -0.0526. The Balaban J connectivity index is 1.82. The van der Waals surface area contributed by atoms with Crippen LogP contribution in [0.3, 0.4) is 0 Å². The van der Waals surface area contributed by atoms with Crippen molar-refractivity contribution in [2.24, 2.45) is 0 Å². The highest BCUT2D eigenvalue weighted by Crippen LogP contribution is 2.20. The van der Waals surface area contributed by atoms with Crippen molar-refractivity contribution in [1.29, 1.82) is 0 Å². The highest BCUT2D eigenvalue weighted by Gasteiger charge is 2.13. The molecule has 0 radical (unpaired) electrons. The number of methoxy groups -OCH3 is 1. The van der Waals surface area contributed by atoms with Crippen LogP contribution in [0.4, 0.5) is 0 Å². The molecule has 24 heavy (non-hydrogen) atoms. The fraction of sp³-hybridized carbons (Fsp3) is 0.438. The lowest BCUT2D eigenvalue weighted by molar-refractivity contribution is -0.122. The number of nitrogens with one attached hydrogen (secondary N) is 1. The topological polar surface area (TPSA) is 80.5 Å². The molecule has 8 heteroatoms. The summed E-state index contributed by atoms with van der Waals surface area (Å²) in [4.78, 5) is 17.9. The number of hydrogen-bond donors (Lipinski definition) is 1. The second-order valence-electron chi connectivity index (χ2n) is 5.39. The maximum absolute atomic E-state index is 11.8. The highest BCUT2D eigenvalue weighted by atomic mass is 35.5. The van der Waals surface area contributed by atoms with E-state index in [4.69, 9.17) is 20.9 Å². The van der Waals surface area contributed by atoms with Crippen LogP contribution < -0.4 is 5.32 Å². The van der Waals surface area contributed by atoms with Crippen molar-refractivity contribution in [1.82, 2.24) is 20.4 Å². The molecule has 0 spiro atoms. The number of aromatic nitrogens is 2. The fourth-order valence-electron chi connectivity index (χ4n) is 2.10. The molecule has 7 nitrogen and oxygen atoms in total. The molecule has 0 bridgehead atoms. The van der Waals surface area contributed by atoms with Crippen LogP contribution in [0.1, 0.15) is 12.3 Å². The lowest BCUT2D eigenvalue weighted by atomic mass is 10.2. The van der Waals surface area contributed by atoms with Crippen LogP contribution in [0.15, 0.2) is 28.8 Å². The molecule has 1 N–H and O–H groups in total. The lowest BCUT2D eigenvalue weighted by Crippen LogP contribution is -2.35. The van der Waals surface area contributed by atoms with E-state index in [-0.39, 0.29) is 12.5 Å². The summed E-state index contributed by atoms with van der Waals surface area (Å²) in [6.45, 7) is 1.87. The smallest absolute Gasteiger partial charge is 0.241 e. The maximum Gasteiger partial charge on any atom is 0.241 e. The molecule has 0 aliphatic rings. The Hall–Kier alpha value is -1.96. The zero-order valence-corrected chi connectivity index (χ0v) is 14.5. The zero-order chi connectivity index (χ0) is 17.4. The van der Waals surface area contributed by atoms with E-state index >= 15 is 0 Å². The number of benzene rings is 1. The van der Waals surface area contributed by atoms with Gasteiger partial charge in [0.05, 0.1) is 13.1 Å². The zero-order valence-electron chi connectivity index (χ0n) is 13.8. The van der Waals surface area contributed by atoms with Crippen molar-refractivity contribution in [3.05, 3.63) is 35.2 Å². The number of carbonyl (C=O) groups is 1. The molecule has 1 amide bonds. The predicted octanol–water partition coefficient (Wildman–Crippen LogP) is 1.97. The summed E-state index contributed by atoms with van der Waals surface area (Å²) < 4.78 is 10.2. The Morgan fingerprint density at radius 3 is 3.04 bits per heavy atom. The normalized spacial score (nSPS) is 11.0. The van der Waals surface area contributed by atoms with Gasteiger partial charge >= 0.3 is 0 Å². The van der Waals surface area contributed by atoms with Crippen molar-refractivity contribution in [3.8, 4) is 11.4 Å². The summed E-state index contributed by atoms with van der Waals surface area (Å²) in [6.07, 6.45) is 0.790. The first-order chi connectivity index (χ1) is 11.6. The second-order valence-corrected chi connectivity index (χ2v) is 5.83. The van der Waals surface area contributed by atoms with Gasteiger partial charge in [-0.25, -0.2) is 0 Å². The number of nitrogens with zero attached hydrogens (tertiary/aromatic N) is 3. The molecule has 0 saturated carbocycles. The van der Waals surface area contributed by atoms with Gasteiger partial charge in [0.2, 0.25) is 17.6 Å². The molecule has 1 aromatic carbocycles. The Kier molecular flexibility index (Phi) is 7.17. The SMILES string of the molecule is COCCCNC(=O)CN(C)Cc1nc(-c2cccc(Cl)c2)no1. The first kappa shape index (κ1) is 18.4. The van der Waals surface area contributed by atoms with Crippen LogP contribution >= 0.6 is 11.6 Å². The van der Waals surface area contributed by atoms with Crippen molar-refractivity contribution in [3.63, 3.8) is 0 Å². The van der Waals surface area contributed by atoms with E-state index in [1.807, 2.05) is 19.2 Å². The first-order valence-electron chi connectivity index (χ1n) is 7.61. The van der Waals surface area contributed by atoms with Crippen molar-refractivity contribution in [2.45, 2.75) is 13.0 Å².